The maximum Gasteiger partial charge on any atom is 0.417 e. The van der Waals surface area contributed by atoms with Gasteiger partial charge in [-0.15, -0.1) is 0 Å². The van der Waals surface area contributed by atoms with Crippen LogP contribution in [0.15, 0.2) is 66.8 Å². The van der Waals surface area contributed by atoms with Gasteiger partial charge in [-0.25, -0.2) is 9.69 Å². The smallest absolute Gasteiger partial charge is 0.417 e. The maximum absolute atomic E-state index is 12.7. The van der Waals surface area contributed by atoms with Crippen LogP contribution in [0.2, 0.25) is 10.0 Å². The Morgan fingerprint density at radius 1 is 1.00 bits per heavy atom. The van der Waals surface area contributed by atoms with Gasteiger partial charge in [0.2, 0.25) is 0 Å². The van der Waals surface area contributed by atoms with Gasteiger partial charge in [-0.3, -0.25) is 4.79 Å². The van der Waals surface area contributed by atoms with E-state index in [-0.39, 0.29) is 6.54 Å². The predicted octanol–water partition coefficient (Wildman–Crippen LogP) is 7.05. The highest BCUT2D eigenvalue weighted by Gasteiger charge is 2.24. The van der Waals surface area contributed by atoms with E-state index >= 15 is 0 Å². The predicted molar refractivity (Wildman–Crippen MR) is 135 cm³/mol. The molecular weight excluding hydrogens is 461 g/mol. The van der Waals surface area contributed by atoms with Gasteiger partial charge in [-0.05, 0) is 62.2 Å². The van der Waals surface area contributed by atoms with Crippen LogP contribution in [-0.4, -0.2) is 36.2 Å². The standard InChI is InChI=1S/C26H27Cl2NO4/c1-26(2,3)33-25(31)29(17-7-8-19-11-14-21(27)15-12-19)24(30)10-6-5-9-20-13-16-22(32-4)18-23(20)28/h5-16,18H,17H2,1-4H3/b8-7+,9-5+,10-6+. The first kappa shape index (κ1) is 26.2. The van der Waals surface area contributed by atoms with Gasteiger partial charge in [0.25, 0.3) is 5.91 Å². The molecule has 174 valence electrons. The van der Waals surface area contributed by atoms with Gasteiger partial charge in [0.1, 0.15) is 11.4 Å². The first-order valence-corrected chi connectivity index (χ1v) is 11.0. The van der Waals surface area contributed by atoms with E-state index in [2.05, 4.69) is 0 Å². The molecule has 0 aliphatic heterocycles. The van der Waals surface area contributed by atoms with E-state index in [1.54, 1.807) is 82.5 Å². The number of carbonyl (C=O) groups excluding carboxylic acids is 2. The number of allylic oxidation sites excluding steroid dienone is 2. The lowest BCUT2D eigenvalue weighted by Crippen LogP contribution is -2.40. The van der Waals surface area contributed by atoms with Gasteiger partial charge in [-0.1, -0.05) is 65.7 Å². The topological polar surface area (TPSA) is 55.8 Å². The van der Waals surface area contributed by atoms with Crippen LogP contribution in [0.4, 0.5) is 4.79 Å². The average molecular weight is 488 g/mol. The number of amides is 2. The van der Waals surface area contributed by atoms with Crippen LogP contribution in [0.3, 0.4) is 0 Å². The van der Waals surface area contributed by atoms with Crippen molar-refractivity contribution in [3.05, 3.63) is 87.9 Å². The number of imide groups is 1. The van der Waals surface area contributed by atoms with Crippen LogP contribution in [0.5, 0.6) is 5.75 Å². The van der Waals surface area contributed by atoms with Crippen molar-refractivity contribution in [3.8, 4) is 5.75 Å². The molecule has 0 aliphatic carbocycles. The highest BCUT2D eigenvalue weighted by atomic mass is 35.5. The van der Waals surface area contributed by atoms with Crippen LogP contribution in [0.1, 0.15) is 31.9 Å². The zero-order valence-corrected chi connectivity index (χ0v) is 20.6. The molecule has 0 N–H and O–H groups in total. The summed E-state index contributed by atoms with van der Waals surface area (Å²) in [6.07, 6.45) is 9.06. The van der Waals surface area contributed by atoms with E-state index in [9.17, 15) is 9.59 Å². The summed E-state index contributed by atoms with van der Waals surface area (Å²) in [5, 5.41) is 1.15. The zero-order valence-electron chi connectivity index (χ0n) is 19.0. The molecule has 0 heterocycles. The molecule has 0 fully saturated rings. The highest BCUT2D eigenvalue weighted by Crippen LogP contribution is 2.23. The summed E-state index contributed by atoms with van der Waals surface area (Å²) in [7, 11) is 1.57. The van der Waals surface area contributed by atoms with Crippen molar-refractivity contribution in [1.29, 1.82) is 0 Å². The van der Waals surface area contributed by atoms with E-state index < -0.39 is 17.6 Å². The Hall–Kier alpha value is -3.02. The van der Waals surface area contributed by atoms with Crippen molar-refractivity contribution in [2.45, 2.75) is 26.4 Å². The number of nitrogens with zero attached hydrogens (tertiary/aromatic N) is 1. The Balaban J connectivity index is 2.11. The van der Waals surface area contributed by atoms with Gasteiger partial charge in [0.15, 0.2) is 0 Å². The molecule has 0 spiro atoms. The minimum atomic E-state index is -0.732. The lowest BCUT2D eigenvalue weighted by molar-refractivity contribution is -0.124. The molecule has 0 atom stereocenters. The third-order valence-corrected chi connectivity index (χ3v) is 4.76. The summed E-state index contributed by atoms with van der Waals surface area (Å²) in [4.78, 5) is 26.4. The van der Waals surface area contributed by atoms with E-state index in [0.29, 0.717) is 15.8 Å². The number of hydrogen-bond acceptors (Lipinski definition) is 4. The molecule has 2 aromatic carbocycles. The molecule has 0 aromatic heterocycles. The van der Waals surface area contributed by atoms with E-state index in [4.69, 9.17) is 32.7 Å². The molecule has 2 aromatic rings. The Morgan fingerprint density at radius 2 is 1.70 bits per heavy atom. The fourth-order valence-corrected chi connectivity index (χ4v) is 2.96. The van der Waals surface area contributed by atoms with Crippen molar-refractivity contribution < 1.29 is 19.1 Å². The molecular formula is C26H27Cl2NO4. The van der Waals surface area contributed by atoms with Gasteiger partial charge in [0.05, 0.1) is 18.7 Å². The Bertz CT molecular complexity index is 1050. The van der Waals surface area contributed by atoms with Crippen LogP contribution in [0, 0.1) is 0 Å². The highest BCUT2D eigenvalue weighted by molar-refractivity contribution is 6.32. The third-order valence-electron chi connectivity index (χ3n) is 4.18. The second-order valence-corrected chi connectivity index (χ2v) is 8.83. The van der Waals surface area contributed by atoms with E-state index in [1.165, 1.54) is 6.08 Å². The number of halogens is 2. The maximum atomic E-state index is 12.7. The largest absolute Gasteiger partial charge is 0.497 e. The summed E-state index contributed by atoms with van der Waals surface area (Å²) in [5.41, 5.74) is 0.930. The summed E-state index contributed by atoms with van der Waals surface area (Å²) in [6.45, 7) is 5.28. The van der Waals surface area contributed by atoms with Gasteiger partial charge < -0.3 is 9.47 Å². The molecule has 5 nitrogen and oxygen atoms in total. The van der Waals surface area contributed by atoms with Crippen molar-refractivity contribution >= 4 is 47.4 Å². The second-order valence-electron chi connectivity index (χ2n) is 7.99. The molecule has 0 aliphatic rings. The number of benzene rings is 2. The van der Waals surface area contributed by atoms with Crippen molar-refractivity contribution in [2.75, 3.05) is 13.7 Å². The van der Waals surface area contributed by atoms with Crippen LogP contribution < -0.4 is 4.74 Å². The molecule has 0 saturated carbocycles. The monoisotopic (exact) mass is 487 g/mol. The summed E-state index contributed by atoms with van der Waals surface area (Å²) < 4.78 is 10.5. The number of methoxy groups -OCH3 is 1. The normalized spacial score (nSPS) is 11.9. The number of hydrogen-bond donors (Lipinski definition) is 0. The summed E-state index contributed by atoms with van der Waals surface area (Å²) in [5.74, 6) is 0.151. The Labute approximate surface area is 204 Å². The van der Waals surface area contributed by atoms with Crippen molar-refractivity contribution in [3.63, 3.8) is 0 Å². The van der Waals surface area contributed by atoms with E-state index in [1.807, 2.05) is 18.2 Å². The third kappa shape index (κ3) is 9.16. The molecule has 33 heavy (non-hydrogen) atoms. The fraction of sp³-hybridized carbons (Fsp3) is 0.231. The summed E-state index contributed by atoms with van der Waals surface area (Å²) >= 11 is 12.1. The first-order chi connectivity index (χ1) is 15.6. The van der Waals surface area contributed by atoms with Crippen LogP contribution in [0.25, 0.3) is 12.2 Å². The SMILES string of the molecule is COc1ccc(/C=C/C=C/C(=O)N(C/C=C/c2ccc(Cl)cc2)C(=O)OC(C)(C)C)c(Cl)c1. The zero-order chi connectivity index (χ0) is 24.4. The number of ether oxygens (including phenoxy) is 2. The van der Waals surface area contributed by atoms with Crippen molar-refractivity contribution in [1.82, 2.24) is 4.90 Å². The fourth-order valence-electron chi connectivity index (χ4n) is 2.60. The minimum Gasteiger partial charge on any atom is -0.497 e. The molecule has 2 rings (SSSR count). The lowest BCUT2D eigenvalue weighted by Gasteiger charge is -2.24. The molecule has 0 saturated heterocycles. The molecule has 0 bridgehead atoms. The van der Waals surface area contributed by atoms with Crippen LogP contribution in [-0.2, 0) is 9.53 Å². The summed E-state index contributed by atoms with van der Waals surface area (Å²) in [6, 6.07) is 12.5. The lowest BCUT2D eigenvalue weighted by atomic mass is 10.2. The van der Waals surface area contributed by atoms with Crippen LogP contribution >= 0.6 is 23.2 Å². The molecule has 7 heteroatoms. The minimum absolute atomic E-state index is 0.0503. The van der Waals surface area contributed by atoms with Gasteiger partial charge in [-0.2, -0.15) is 0 Å². The average Bonchev–Trinajstić information content (AvgIpc) is 2.74. The first-order valence-electron chi connectivity index (χ1n) is 10.2. The van der Waals surface area contributed by atoms with E-state index in [0.717, 1.165) is 16.0 Å². The molecule has 0 unspecified atom stereocenters. The van der Waals surface area contributed by atoms with Gasteiger partial charge >= 0.3 is 6.09 Å². The Kier molecular flexibility index (Phi) is 9.76. The number of rotatable bonds is 7. The van der Waals surface area contributed by atoms with Gasteiger partial charge in [0, 0.05) is 11.1 Å². The second kappa shape index (κ2) is 12.3. The molecule has 2 amide bonds. The number of carbonyl (C=O) groups is 2. The quantitative estimate of drug-likeness (QED) is 0.310. The van der Waals surface area contributed by atoms with Crippen molar-refractivity contribution in [2.24, 2.45) is 0 Å². The Morgan fingerprint density at radius 3 is 2.30 bits per heavy atom. The molecule has 0 radical (unpaired) electrons.